The van der Waals surface area contributed by atoms with Crippen LogP contribution in [-0.2, 0) is 61.9 Å². The number of hydrogen-bond acceptors (Lipinski definition) is 21. The van der Waals surface area contributed by atoms with Crippen molar-refractivity contribution < 1.29 is 108 Å². The van der Waals surface area contributed by atoms with Gasteiger partial charge >= 0.3 is 23.9 Å². The fraction of sp³-hybridized carbons (Fsp3) is 0.894. The maximum Gasteiger partial charge on any atom is 0.336 e. The van der Waals surface area contributed by atoms with Crippen LogP contribution < -0.4 is 0 Å². The molecule has 0 aromatic carbocycles. The van der Waals surface area contributed by atoms with Crippen LogP contribution in [0.4, 0.5) is 0 Å². The number of carbonyl (C=O) groups excluding carboxylic acids is 1. The Morgan fingerprint density at radius 3 is 1.96 bits per heavy atom. The monoisotopic (exact) mass is 1030 g/mol. The Labute approximate surface area is 416 Å². The lowest BCUT2D eigenvalue weighted by Crippen LogP contribution is -2.61. The Morgan fingerprint density at radius 1 is 0.859 bits per heavy atom. The second-order valence-corrected chi connectivity index (χ2v) is 20.2. The molecule has 0 saturated carbocycles. The molecule has 3 aliphatic heterocycles. The molecule has 0 spiro atoms. The van der Waals surface area contributed by atoms with E-state index in [9.17, 15) is 44.7 Å². The van der Waals surface area contributed by atoms with Crippen molar-refractivity contribution in [2.24, 2.45) is 28.8 Å². The molecule has 0 aromatic rings. The number of carbonyl (C=O) groups is 4. The van der Waals surface area contributed by atoms with Crippen LogP contribution in [0.2, 0.25) is 0 Å². The summed E-state index contributed by atoms with van der Waals surface area (Å²) in [7, 11) is 6.76. The van der Waals surface area contributed by atoms with E-state index in [2.05, 4.69) is 5.16 Å². The van der Waals surface area contributed by atoms with E-state index in [1.165, 1.54) is 14.0 Å². The first kappa shape index (κ1) is 63.9. The summed E-state index contributed by atoms with van der Waals surface area (Å²) >= 11 is 0. The number of cyclic esters (lactones) is 1. The fourth-order valence-electron chi connectivity index (χ4n) is 9.65. The largest absolute Gasteiger partial charge is 0.481 e. The van der Waals surface area contributed by atoms with Gasteiger partial charge in [-0.2, -0.15) is 0 Å². The zero-order valence-electron chi connectivity index (χ0n) is 43.8. The molecule has 0 unspecified atom stereocenters. The maximum atomic E-state index is 14.3. The van der Waals surface area contributed by atoms with Crippen LogP contribution in [0.5, 0.6) is 0 Å². The zero-order chi connectivity index (χ0) is 54.6. The van der Waals surface area contributed by atoms with Crippen molar-refractivity contribution in [2.75, 3.05) is 48.3 Å². The van der Waals surface area contributed by atoms with Crippen LogP contribution in [0, 0.1) is 23.7 Å². The van der Waals surface area contributed by atoms with Gasteiger partial charge in [0.2, 0.25) is 6.79 Å². The summed E-state index contributed by atoms with van der Waals surface area (Å²) in [5.74, 6) is -9.16. The average Bonchev–Trinajstić information content (AvgIpc) is 3.26. The molecular weight excluding hydrogens is 945 g/mol. The van der Waals surface area contributed by atoms with E-state index in [0.29, 0.717) is 18.7 Å². The number of hydrogen-bond donors (Lipinski definition) is 9. The fourth-order valence-corrected chi connectivity index (χ4v) is 9.65. The van der Waals surface area contributed by atoms with E-state index in [4.69, 9.17) is 63.2 Å². The van der Waals surface area contributed by atoms with E-state index in [0.717, 1.165) is 0 Å². The standard InChI is InChI=1S/C41H76N2O15.C6H8O7/c1-15-29-41(10,49)34(45)24(4)31(42-53-21-52-17-16-50-13)22(2)19-39(8,48)36(58-38-32(44)28(43(11)12)18-23(3)54-38)25(5)33(26(6)37(47)56-29)57-30-20-40(9,51-14)35(46)27(7)55-30;7-3(8)1-6(13,5(11)12)2-4(9)10/h22-30,32-36,38,44-46,48-49H,15-21H2,1-14H3;13H,1-2H2,(H,7,8)(H,9,10)(H,11,12)/b42-31+;/t22-,23-,24+,25+,26-,27+,28+,29-,30+,32-,33+,34-,35+,36-,38+,39-,40-,41-;/m1./s1. The number of aliphatic carboxylic acids is 3. The lowest BCUT2D eigenvalue weighted by Gasteiger charge is -2.49. The van der Waals surface area contributed by atoms with Gasteiger partial charge in [-0.15, -0.1) is 0 Å². The highest BCUT2D eigenvalue weighted by Crippen LogP contribution is 2.41. The number of methoxy groups -OCH3 is 2. The van der Waals surface area contributed by atoms with Gasteiger partial charge in [0.15, 0.2) is 18.2 Å². The van der Waals surface area contributed by atoms with Crippen LogP contribution in [-0.4, -0.2) is 219 Å². The van der Waals surface area contributed by atoms with Crippen molar-refractivity contribution in [3.8, 4) is 0 Å². The van der Waals surface area contributed by atoms with Crippen molar-refractivity contribution in [3.63, 3.8) is 0 Å². The minimum Gasteiger partial charge on any atom is -0.481 e. The highest BCUT2D eigenvalue weighted by molar-refractivity contribution is 5.89. The number of oxime groups is 1. The molecule has 0 radical (unpaired) electrons. The third kappa shape index (κ3) is 17.2. The number of rotatable bonds is 18. The van der Waals surface area contributed by atoms with Gasteiger partial charge in [-0.05, 0) is 74.9 Å². The SMILES string of the molecule is CC[C@H]1OC(=O)[C@H](C)[C@@H](O[C@H]2C[C@@](C)(OC)[C@@H](O)[C@H](C)O2)[C@H](C)[C@@H](O[C@@H]2O[C@H](C)C[C@H](N(C)C)[C@H]2O)[C@](C)(O)C[C@@H](C)/C(=N\OCOCCOC)[C@H](C)[C@@H](O)[C@]1(C)O.O=C(O)CC(O)(CC(=O)O)C(=O)O. The van der Waals surface area contributed by atoms with E-state index in [1.807, 2.05) is 32.8 Å². The number of nitrogens with zero attached hydrogens (tertiary/aromatic N) is 2. The Bertz CT molecular complexity index is 1720. The number of aliphatic hydroxyl groups excluding tert-OH is 3. The zero-order valence-corrected chi connectivity index (χ0v) is 43.8. The summed E-state index contributed by atoms with van der Waals surface area (Å²) in [6.07, 6.45) is -11.8. The second kappa shape index (κ2) is 27.4. The van der Waals surface area contributed by atoms with E-state index in [-0.39, 0.29) is 44.8 Å². The van der Waals surface area contributed by atoms with Crippen LogP contribution in [0.3, 0.4) is 0 Å². The number of carboxylic acids is 3. The predicted octanol–water partition coefficient (Wildman–Crippen LogP) is 0.961. The Morgan fingerprint density at radius 2 is 1.45 bits per heavy atom. The molecule has 3 aliphatic rings. The average molecular weight is 1030 g/mol. The third-order valence-corrected chi connectivity index (χ3v) is 13.9. The first-order chi connectivity index (χ1) is 32.7. The minimum atomic E-state index is -2.74. The van der Waals surface area contributed by atoms with Crippen molar-refractivity contribution in [2.45, 2.75) is 198 Å². The van der Waals surface area contributed by atoms with Crippen LogP contribution in [0.15, 0.2) is 5.16 Å². The molecular formula is C47H84N2O22. The molecule has 71 heavy (non-hydrogen) atoms. The summed E-state index contributed by atoms with van der Waals surface area (Å²) in [5, 5.41) is 97.4. The Kier molecular flexibility index (Phi) is 24.6. The molecule has 3 rings (SSSR count). The Balaban J connectivity index is 0.00000116. The summed E-state index contributed by atoms with van der Waals surface area (Å²) in [6.45, 7) is 17.3. The van der Waals surface area contributed by atoms with Gasteiger partial charge in [-0.3, -0.25) is 14.4 Å². The van der Waals surface area contributed by atoms with E-state index in [1.54, 1.807) is 55.6 Å². The molecule has 24 nitrogen and oxygen atoms in total. The van der Waals surface area contributed by atoms with Crippen molar-refractivity contribution in [1.82, 2.24) is 4.90 Å². The van der Waals surface area contributed by atoms with Crippen LogP contribution in [0.25, 0.3) is 0 Å². The Hall–Kier alpha value is -3.21. The molecule has 3 heterocycles. The van der Waals surface area contributed by atoms with Crippen LogP contribution >= 0.6 is 0 Å². The normalized spacial score (nSPS) is 39.4. The van der Waals surface area contributed by atoms with Gasteiger partial charge in [-0.25, -0.2) is 4.79 Å². The van der Waals surface area contributed by atoms with Gasteiger partial charge in [0.1, 0.15) is 23.9 Å². The summed E-state index contributed by atoms with van der Waals surface area (Å²) in [6, 6.07) is -0.328. The molecule has 0 amide bonds. The molecule has 3 fully saturated rings. The van der Waals surface area contributed by atoms with Crippen LogP contribution in [0.1, 0.15) is 108 Å². The molecule has 24 heteroatoms. The number of aliphatic hydroxyl groups is 6. The minimum absolute atomic E-state index is 0.0307. The maximum absolute atomic E-state index is 14.3. The molecule has 0 aliphatic carbocycles. The number of carboxylic acid groups (broad SMARTS) is 3. The van der Waals surface area contributed by atoms with E-state index < -0.39 is 138 Å². The van der Waals surface area contributed by atoms with Gasteiger partial charge < -0.3 is 93.6 Å². The summed E-state index contributed by atoms with van der Waals surface area (Å²) < 4.78 is 48.1. The molecule has 0 bridgehead atoms. The van der Waals surface area contributed by atoms with Crippen molar-refractivity contribution >= 4 is 29.6 Å². The second-order valence-electron chi connectivity index (χ2n) is 20.2. The van der Waals surface area contributed by atoms with E-state index >= 15 is 0 Å². The first-order valence-corrected chi connectivity index (χ1v) is 23.9. The lowest BCUT2D eigenvalue weighted by atomic mass is 9.73. The molecule has 18 atom stereocenters. The summed E-state index contributed by atoms with van der Waals surface area (Å²) in [4.78, 5) is 52.3. The molecule has 9 N–H and O–H groups in total. The van der Waals surface area contributed by atoms with Crippen molar-refractivity contribution in [3.05, 3.63) is 0 Å². The smallest absolute Gasteiger partial charge is 0.336 e. The lowest BCUT2D eigenvalue weighted by molar-refractivity contribution is -0.317. The quantitative estimate of drug-likeness (QED) is 0.0399. The first-order valence-electron chi connectivity index (χ1n) is 23.9. The van der Waals surface area contributed by atoms with Gasteiger partial charge in [0.05, 0.1) is 79.4 Å². The van der Waals surface area contributed by atoms with Gasteiger partial charge in [0, 0.05) is 44.4 Å². The van der Waals surface area contributed by atoms with Gasteiger partial charge in [0.25, 0.3) is 0 Å². The highest BCUT2D eigenvalue weighted by atomic mass is 16.7. The van der Waals surface area contributed by atoms with Gasteiger partial charge in [-0.1, -0.05) is 32.9 Å². The number of likely N-dealkylation sites (N-methyl/N-ethyl adjacent to an activating group) is 1. The number of ether oxygens (including phenoxy) is 8. The molecule has 414 valence electrons. The third-order valence-electron chi connectivity index (χ3n) is 13.9. The highest BCUT2D eigenvalue weighted by Gasteiger charge is 2.53. The predicted molar refractivity (Wildman–Crippen MR) is 250 cm³/mol. The topological polar surface area (TPSA) is 349 Å². The summed E-state index contributed by atoms with van der Waals surface area (Å²) in [5.41, 5.74) is -7.23. The van der Waals surface area contributed by atoms with Crippen molar-refractivity contribution in [1.29, 1.82) is 0 Å². The molecule has 0 aromatic heterocycles. The number of esters is 1. The molecule has 3 saturated heterocycles.